The third kappa shape index (κ3) is 4.13. The Morgan fingerprint density at radius 3 is 2.58 bits per heavy atom. The molecule has 1 aliphatic rings. The number of hydrogen-bond donors (Lipinski definition) is 1. The summed E-state index contributed by atoms with van der Waals surface area (Å²) in [5.41, 5.74) is 0.901. The topological polar surface area (TPSA) is 58.6 Å². The molecule has 140 valence electrons. The Labute approximate surface area is 151 Å². The molecule has 0 saturated carbocycles. The van der Waals surface area contributed by atoms with Crippen LogP contribution in [0.5, 0.6) is 5.75 Å². The Hall–Kier alpha value is -2.19. The minimum Gasteiger partial charge on any atom is -0.497 e. The molecule has 0 spiro atoms. The van der Waals surface area contributed by atoms with E-state index in [1.165, 1.54) is 31.4 Å². The number of benzene rings is 2. The van der Waals surface area contributed by atoms with Gasteiger partial charge in [-0.1, -0.05) is 0 Å². The predicted octanol–water partition coefficient (Wildman–Crippen LogP) is 2.78. The number of hydrogen-bond acceptors (Lipinski definition) is 4. The van der Waals surface area contributed by atoms with E-state index in [1.54, 1.807) is 12.1 Å². The molecule has 2 aromatic carbocycles. The highest BCUT2D eigenvalue weighted by Gasteiger charge is 2.26. The Kier molecular flexibility index (Phi) is 5.43. The van der Waals surface area contributed by atoms with Crippen LogP contribution in [0.15, 0.2) is 47.4 Å². The zero-order chi connectivity index (χ0) is 18.7. The molecule has 3 rings (SSSR count). The maximum atomic E-state index is 14.0. The molecule has 1 aliphatic heterocycles. The number of nitrogens with zero attached hydrogens (tertiary/aromatic N) is 1. The van der Waals surface area contributed by atoms with Gasteiger partial charge in [0.05, 0.1) is 7.11 Å². The van der Waals surface area contributed by atoms with Crippen molar-refractivity contribution in [2.24, 2.45) is 5.92 Å². The molecule has 2 aromatic rings. The quantitative estimate of drug-likeness (QED) is 0.835. The van der Waals surface area contributed by atoms with Crippen molar-refractivity contribution in [3.05, 3.63) is 54.1 Å². The van der Waals surface area contributed by atoms with Crippen LogP contribution < -0.4 is 14.4 Å². The minimum atomic E-state index is -3.94. The highest BCUT2D eigenvalue weighted by molar-refractivity contribution is 7.89. The normalized spacial score (nSPS) is 17.5. The van der Waals surface area contributed by atoms with Gasteiger partial charge in [-0.3, -0.25) is 0 Å². The van der Waals surface area contributed by atoms with E-state index in [2.05, 4.69) is 9.62 Å². The van der Waals surface area contributed by atoms with Gasteiger partial charge in [-0.15, -0.1) is 0 Å². The smallest absolute Gasteiger partial charge is 0.243 e. The van der Waals surface area contributed by atoms with Gasteiger partial charge in [0.1, 0.15) is 22.3 Å². The molecule has 5 nitrogen and oxygen atoms in total. The van der Waals surface area contributed by atoms with E-state index < -0.39 is 20.7 Å². The highest BCUT2D eigenvalue weighted by Crippen LogP contribution is 2.25. The van der Waals surface area contributed by atoms with E-state index in [1.807, 2.05) is 0 Å². The summed E-state index contributed by atoms with van der Waals surface area (Å²) in [6.07, 6.45) is 0.797. The Balaban J connectivity index is 1.61. The molecule has 26 heavy (non-hydrogen) atoms. The van der Waals surface area contributed by atoms with Crippen LogP contribution in [0.3, 0.4) is 0 Å². The predicted molar refractivity (Wildman–Crippen MR) is 94.9 cm³/mol. The lowest BCUT2D eigenvalue weighted by molar-refractivity contribution is 0.409. The van der Waals surface area contributed by atoms with Crippen LogP contribution in [-0.2, 0) is 10.0 Å². The van der Waals surface area contributed by atoms with Crippen molar-refractivity contribution in [1.29, 1.82) is 0 Å². The van der Waals surface area contributed by atoms with Gasteiger partial charge in [0, 0.05) is 31.4 Å². The molecule has 1 atom stereocenters. The monoisotopic (exact) mass is 382 g/mol. The van der Waals surface area contributed by atoms with Crippen LogP contribution in [-0.4, -0.2) is 35.2 Å². The van der Waals surface area contributed by atoms with Gasteiger partial charge in [-0.05, 0) is 48.7 Å². The number of sulfonamides is 1. The first-order valence-electron chi connectivity index (χ1n) is 8.23. The van der Waals surface area contributed by atoms with Gasteiger partial charge in [-0.2, -0.15) is 0 Å². The molecular weight excluding hydrogens is 362 g/mol. The van der Waals surface area contributed by atoms with Crippen molar-refractivity contribution in [3.63, 3.8) is 0 Å². The molecule has 1 heterocycles. The average molecular weight is 382 g/mol. The first-order valence-corrected chi connectivity index (χ1v) is 9.71. The lowest BCUT2D eigenvalue weighted by atomic mass is 10.1. The molecule has 1 N–H and O–H groups in total. The SMILES string of the molecule is COc1ccc(S(=O)(=O)NC[C@H]2CCN(c3ccc(F)cc3)C2)c(F)c1. The molecule has 0 bridgehead atoms. The summed E-state index contributed by atoms with van der Waals surface area (Å²) in [7, 11) is -2.56. The fraction of sp³-hybridized carbons (Fsp3) is 0.333. The maximum absolute atomic E-state index is 14.0. The van der Waals surface area contributed by atoms with Gasteiger partial charge >= 0.3 is 0 Å². The fourth-order valence-electron chi connectivity index (χ4n) is 3.02. The van der Waals surface area contributed by atoms with Crippen molar-refractivity contribution in [2.75, 3.05) is 31.6 Å². The summed E-state index contributed by atoms with van der Waals surface area (Å²) in [5.74, 6) is -0.793. The van der Waals surface area contributed by atoms with E-state index in [9.17, 15) is 17.2 Å². The van der Waals surface area contributed by atoms with Crippen molar-refractivity contribution >= 4 is 15.7 Å². The molecule has 0 radical (unpaired) electrons. The van der Waals surface area contributed by atoms with E-state index in [0.29, 0.717) is 6.54 Å². The van der Waals surface area contributed by atoms with Gasteiger partial charge in [-0.25, -0.2) is 21.9 Å². The number of halogens is 2. The zero-order valence-corrected chi connectivity index (χ0v) is 15.1. The Morgan fingerprint density at radius 2 is 1.92 bits per heavy atom. The van der Waals surface area contributed by atoms with E-state index >= 15 is 0 Å². The second-order valence-corrected chi connectivity index (χ2v) is 7.96. The lowest BCUT2D eigenvalue weighted by Crippen LogP contribution is -2.31. The maximum Gasteiger partial charge on any atom is 0.243 e. The van der Waals surface area contributed by atoms with E-state index in [4.69, 9.17) is 4.74 Å². The highest BCUT2D eigenvalue weighted by atomic mass is 32.2. The molecule has 8 heteroatoms. The first kappa shape index (κ1) is 18.6. The van der Waals surface area contributed by atoms with Crippen LogP contribution in [0.25, 0.3) is 0 Å². The van der Waals surface area contributed by atoms with E-state index in [-0.39, 0.29) is 24.0 Å². The summed E-state index contributed by atoms with van der Waals surface area (Å²) >= 11 is 0. The molecule has 0 unspecified atom stereocenters. The summed E-state index contributed by atoms with van der Waals surface area (Å²) in [6.45, 7) is 1.62. The number of nitrogens with one attached hydrogen (secondary N) is 1. The second-order valence-electron chi connectivity index (χ2n) is 6.23. The van der Waals surface area contributed by atoms with Gasteiger partial charge in [0.25, 0.3) is 0 Å². The minimum absolute atomic E-state index is 0.0936. The van der Waals surface area contributed by atoms with Gasteiger partial charge in [0.15, 0.2) is 0 Å². The van der Waals surface area contributed by atoms with E-state index in [0.717, 1.165) is 24.7 Å². The first-order chi connectivity index (χ1) is 12.4. The molecule has 0 aromatic heterocycles. The molecular formula is C18H20F2N2O3S. The number of rotatable bonds is 6. The standard InChI is InChI=1S/C18H20F2N2O3S/c1-25-16-6-7-18(17(20)10-16)26(23,24)21-11-13-8-9-22(12-13)15-4-2-14(19)3-5-15/h2-7,10,13,21H,8-9,11-12H2,1H3/t13-/m1/s1. The fourth-order valence-corrected chi connectivity index (χ4v) is 4.19. The molecule has 1 fully saturated rings. The van der Waals surface area contributed by atoms with Crippen LogP contribution in [0.4, 0.5) is 14.5 Å². The van der Waals surface area contributed by atoms with Gasteiger partial charge in [0.2, 0.25) is 10.0 Å². The zero-order valence-electron chi connectivity index (χ0n) is 14.3. The largest absolute Gasteiger partial charge is 0.497 e. The molecule has 0 amide bonds. The summed E-state index contributed by atoms with van der Waals surface area (Å²) in [5, 5.41) is 0. The third-order valence-electron chi connectivity index (χ3n) is 4.47. The van der Waals surface area contributed by atoms with Crippen molar-refractivity contribution in [3.8, 4) is 5.75 Å². The summed E-state index contributed by atoms with van der Waals surface area (Å²) in [6, 6.07) is 9.85. The number of methoxy groups -OCH3 is 1. The van der Waals surface area contributed by atoms with Crippen molar-refractivity contribution in [1.82, 2.24) is 4.72 Å². The Morgan fingerprint density at radius 1 is 1.19 bits per heavy atom. The third-order valence-corrected chi connectivity index (χ3v) is 5.93. The molecule has 1 saturated heterocycles. The summed E-state index contributed by atoms with van der Waals surface area (Å²) < 4.78 is 59.1. The van der Waals surface area contributed by atoms with Crippen LogP contribution in [0, 0.1) is 17.6 Å². The lowest BCUT2D eigenvalue weighted by Gasteiger charge is -2.19. The Bertz CT molecular complexity index is 873. The second kappa shape index (κ2) is 7.59. The average Bonchev–Trinajstić information content (AvgIpc) is 3.09. The number of anilines is 1. The molecule has 0 aliphatic carbocycles. The van der Waals surface area contributed by atoms with Crippen molar-refractivity contribution in [2.45, 2.75) is 11.3 Å². The van der Waals surface area contributed by atoms with Crippen LogP contribution in [0.2, 0.25) is 0 Å². The number of ether oxygens (including phenoxy) is 1. The van der Waals surface area contributed by atoms with Gasteiger partial charge < -0.3 is 9.64 Å². The van der Waals surface area contributed by atoms with Crippen molar-refractivity contribution < 1.29 is 21.9 Å². The summed E-state index contributed by atoms with van der Waals surface area (Å²) in [4.78, 5) is 1.68. The van der Waals surface area contributed by atoms with Crippen LogP contribution >= 0.6 is 0 Å². The van der Waals surface area contributed by atoms with Crippen LogP contribution in [0.1, 0.15) is 6.42 Å².